The van der Waals surface area contributed by atoms with Crippen LogP contribution < -0.4 is 4.74 Å². The zero-order chi connectivity index (χ0) is 21.3. The SMILES string of the molecule is CCCCCc1ccc(C(=O)Oc2ccc(-c3ccc(CCC)cn3)cc2)c(F)c1. The first-order valence-corrected chi connectivity index (χ1v) is 10.7. The molecule has 2 aromatic carbocycles. The molecule has 1 heterocycles. The Morgan fingerprint density at radius 2 is 1.67 bits per heavy atom. The van der Waals surface area contributed by atoms with Crippen molar-refractivity contribution in [2.75, 3.05) is 0 Å². The molecular formula is C26H28FNO2. The van der Waals surface area contributed by atoms with Crippen molar-refractivity contribution in [3.63, 3.8) is 0 Å². The first-order chi connectivity index (χ1) is 14.6. The molecule has 0 atom stereocenters. The van der Waals surface area contributed by atoms with E-state index in [9.17, 15) is 9.18 Å². The van der Waals surface area contributed by atoms with Crippen molar-refractivity contribution in [3.05, 3.63) is 83.3 Å². The summed E-state index contributed by atoms with van der Waals surface area (Å²) < 4.78 is 19.7. The van der Waals surface area contributed by atoms with E-state index >= 15 is 0 Å². The molecule has 0 bridgehead atoms. The van der Waals surface area contributed by atoms with E-state index in [0.717, 1.165) is 55.3 Å². The quantitative estimate of drug-likeness (QED) is 0.223. The molecule has 0 aliphatic carbocycles. The first kappa shape index (κ1) is 21.7. The second-order valence-electron chi connectivity index (χ2n) is 7.49. The maximum Gasteiger partial charge on any atom is 0.346 e. The summed E-state index contributed by atoms with van der Waals surface area (Å²) in [6, 6.07) is 15.9. The third kappa shape index (κ3) is 5.76. The van der Waals surface area contributed by atoms with Crippen molar-refractivity contribution in [2.24, 2.45) is 0 Å². The number of carbonyl (C=O) groups excluding carboxylic acids is 1. The average Bonchev–Trinajstić information content (AvgIpc) is 2.75. The summed E-state index contributed by atoms with van der Waals surface area (Å²) in [7, 11) is 0. The number of hydrogen-bond acceptors (Lipinski definition) is 3. The van der Waals surface area contributed by atoms with Crippen LogP contribution in [-0.4, -0.2) is 11.0 Å². The van der Waals surface area contributed by atoms with Gasteiger partial charge in [0.05, 0.1) is 11.3 Å². The maximum absolute atomic E-state index is 14.4. The zero-order valence-electron chi connectivity index (χ0n) is 17.7. The molecule has 156 valence electrons. The van der Waals surface area contributed by atoms with Gasteiger partial charge in [0.2, 0.25) is 0 Å². The molecule has 1 aromatic heterocycles. The molecule has 0 aliphatic rings. The Bertz CT molecular complexity index is 965. The second kappa shape index (κ2) is 10.7. The minimum atomic E-state index is -0.692. The van der Waals surface area contributed by atoms with Crippen LogP contribution in [-0.2, 0) is 12.8 Å². The van der Waals surface area contributed by atoms with Crippen LogP contribution in [0.4, 0.5) is 4.39 Å². The fourth-order valence-corrected chi connectivity index (χ4v) is 3.35. The van der Waals surface area contributed by atoms with Gasteiger partial charge in [0, 0.05) is 11.8 Å². The second-order valence-corrected chi connectivity index (χ2v) is 7.49. The van der Waals surface area contributed by atoms with Crippen LogP contribution in [0.3, 0.4) is 0 Å². The molecule has 30 heavy (non-hydrogen) atoms. The van der Waals surface area contributed by atoms with E-state index in [2.05, 4.69) is 24.9 Å². The molecule has 0 unspecified atom stereocenters. The standard InChI is InChI=1S/C26H28FNO2/c1-3-5-6-8-19-9-15-23(24(27)17-19)26(29)30-22-13-11-21(12-14-22)25-16-10-20(7-4-2)18-28-25/h9-18H,3-8H2,1-2H3. The predicted octanol–water partition coefficient (Wildman–Crippen LogP) is 6.79. The van der Waals surface area contributed by atoms with Crippen molar-refractivity contribution < 1.29 is 13.9 Å². The number of pyridine rings is 1. The van der Waals surface area contributed by atoms with Crippen LogP contribution >= 0.6 is 0 Å². The minimum absolute atomic E-state index is 0.0495. The molecule has 4 heteroatoms. The Morgan fingerprint density at radius 1 is 0.900 bits per heavy atom. The monoisotopic (exact) mass is 405 g/mol. The van der Waals surface area contributed by atoms with Crippen molar-refractivity contribution in [3.8, 4) is 17.0 Å². The number of ether oxygens (including phenoxy) is 1. The summed E-state index contributed by atoms with van der Waals surface area (Å²) in [4.78, 5) is 16.9. The fourth-order valence-electron chi connectivity index (χ4n) is 3.35. The topological polar surface area (TPSA) is 39.2 Å². The predicted molar refractivity (Wildman–Crippen MR) is 118 cm³/mol. The molecule has 0 amide bonds. The van der Waals surface area contributed by atoms with Gasteiger partial charge < -0.3 is 4.74 Å². The minimum Gasteiger partial charge on any atom is -0.423 e. The number of nitrogens with zero attached hydrogens (tertiary/aromatic N) is 1. The zero-order valence-corrected chi connectivity index (χ0v) is 17.7. The Labute approximate surface area is 177 Å². The normalized spacial score (nSPS) is 10.8. The van der Waals surface area contributed by atoms with Crippen molar-refractivity contribution in [1.82, 2.24) is 4.98 Å². The number of aromatic nitrogens is 1. The number of aryl methyl sites for hydroxylation is 2. The number of carbonyl (C=O) groups is 1. The Morgan fingerprint density at radius 3 is 2.30 bits per heavy atom. The molecule has 3 rings (SSSR count). The number of unbranched alkanes of at least 4 members (excludes halogenated alkanes) is 2. The molecule has 0 spiro atoms. The van der Waals surface area contributed by atoms with Gasteiger partial charge in [-0.2, -0.15) is 0 Å². The Balaban J connectivity index is 1.64. The van der Waals surface area contributed by atoms with Gasteiger partial charge in [-0.25, -0.2) is 9.18 Å². The van der Waals surface area contributed by atoms with E-state index < -0.39 is 11.8 Å². The highest BCUT2D eigenvalue weighted by atomic mass is 19.1. The smallest absolute Gasteiger partial charge is 0.346 e. The lowest BCUT2D eigenvalue weighted by molar-refractivity contribution is 0.0730. The van der Waals surface area contributed by atoms with E-state index in [-0.39, 0.29) is 5.56 Å². The van der Waals surface area contributed by atoms with Gasteiger partial charge in [0.15, 0.2) is 0 Å². The Kier molecular flexibility index (Phi) is 7.72. The lowest BCUT2D eigenvalue weighted by Crippen LogP contribution is -2.11. The van der Waals surface area contributed by atoms with Gasteiger partial charge in [0.1, 0.15) is 11.6 Å². The third-order valence-corrected chi connectivity index (χ3v) is 5.05. The number of halogens is 1. The van der Waals surface area contributed by atoms with Crippen LogP contribution in [0.2, 0.25) is 0 Å². The van der Waals surface area contributed by atoms with Crippen LogP contribution in [0, 0.1) is 5.82 Å². The molecule has 0 saturated heterocycles. The maximum atomic E-state index is 14.4. The highest BCUT2D eigenvalue weighted by Gasteiger charge is 2.15. The summed E-state index contributed by atoms with van der Waals surface area (Å²) >= 11 is 0. The van der Waals surface area contributed by atoms with Crippen LogP contribution in [0.25, 0.3) is 11.3 Å². The number of hydrogen-bond donors (Lipinski definition) is 0. The summed E-state index contributed by atoms with van der Waals surface area (Å²) in [5.41, 5.74) is 3.86. The fraction of sp³-hybridized carbons (Fsp3) is 0.308. The van der Waals surface area contributed by atoms with Crippen LogP contribution in [0.1, 0.15) is 61.0 Å². The van der Waals surface area contributed by atoms with E-state index in [0.29, 0.717) is 5.75 Å². The first-order valence-electron chi connectivity index (χ1n) is 10.7. The number of esters is 1. The summed E-state index contributed by atoms with van der Waals surface area (Å²) in [6.07, 6.45) is 8.05. The lowest BCUT2D eigenvalue weighted by Gasteiger charge is -2.08. The molecule has 0 radical (unpaired) electrons. The van der Waals surface area contributed by atoms with Crippen LogP contribution in [0.5, 0.6) is 5.75 Å². The molecule has 3 nitrogen and oxygen atoms in total. The number of benzene rings is 2. The molecule has 0 saturated carbocycles. The summed E-state index contributed by atoms with van der Waals surface area (Å²) in [6.45, 7) is 4.27. The van der Waals surface area contributed by atoms with Gasteiger partial charge in [-0.3, -0.25) is 4.98 Å². The summed E-state index contributed by atoms with van der Waals surface area (Å²) in [5.74, 6) is -0.859. The molecule has 0 aliphatic heterocycles. The van der Waals surface area contributed by atoms with Crippen molar-refractivity contribution >= 4 is 5.97 Å². The van der Waals surface area contributed by atoms with Gasteiger partial charge in [-0.1, -0.05) is 45.2 Å². The van der Waals surface area contributed by atoms with E-state index in [4.69, 9.17) is 4.74 Å². The molecule has 0 N–H and O–H groups in total. The molecular weight excluding hydrogens is 377 g/mol. The Hall–Kier alpha value is -3.01. The highest BCUT2D eigenvalue weighted by Crippen LogP contribution is 2.22. The number of rotatable bonds is 9. The van der Waals surface area contributed by atoms with E-state index in [1.54, 1.807) is 18.2 Å². The molecule has 3 aromatic rings. The lowest BCUT2D eigenvalue weighted by atomic mass is 10.0. The third-order valence-electron chi connectivity index (χ3n) is 5.05. The van der Waals surface area contributed by atoms with Gasteiger partial charge in [-0.15, -0.1) is 0 Å². The largest absolute Gasteiger partial charge is 0.423 e. The van der Waals surface area contributed by atoms with Crippen molar-refractivity contribution in [1.29, 1.82) is 0 Å². The van der Waals surface area contributed by atoms with Gasteiger partial charge >= 0.3 is 5.97 Å². The highest BCUT2D eigenvalue weighted by molar-refractivity contribution is 5.91. The van der Waals surface area contributed by atoms with Crippen molar-refractivity contribution in [2.45, 2.75) is 52.4 Å². The van der Waals surface area contributed by atoms with E-state index in [1.807, 2.05) is 24.4 Å². The van der Waals surface area contributed by atoms with Crippen LogP contribution in [0.15, 0.2) is 60.8 Å². The molecule has 0 fully saturated rings. The average molecular weight is 406 g/mol. The van der Waals surface area contributed by atoms with E-state index in [1.165, 1.54) is 17.7 Å². The van der Waals surface area contributed by atoms with Gasteiger partial charge in [0.25, 0.3) is 0 Å². The van der Waals surface area contributed by atoms with Gasteiger partial charge in [-0.05, 0) is 72.9 Å². The summed E-state index contributed by atoms with van der Waals surface area (Å²) in [5, 5.41) is 0.